The number of hydrogen-bond acceptors (Lipinski definition) is 4. The monoisotopic (exact) mass is 457 g/mol. The highest BCUT2D eigenvalue weighted by atomic mass is 32.2. The van der Waals surface area contributed by atoms with Crippen LogP contribution in [-0.4, -0.2) is 45.3 Å². The number of imidazole rings is 1. The third-order valence-electron chi connectivity index (χ3n) is 6.46. The molecule has 33 heavy (non-hydrogen) atoms. The largest absolute Gasteiger partial charge is 0.346 e. The SMILES string of the molecule is Cn1cnc2ccc(-c3c[nH]c4ncc(-c5ccc(S(=O)(=O)N6CCCC6)cc5)cc34)cc21. The summed E-state index contributed by atoms with van der Waals surface area (Å²) < 4.78 is 29.2. The van der Waals surface area contributed by atoms with E-state index in [9.17, 15) is 8.42 Å². The summed E-state index contributed by atoms with van der Waals surface area (Å²) in [6.45, 7) is 1.21. The second kappa shape index (κ2) is 7.54. The van der Waals surface area contributed by atoms with Crippen LogP contribution in [0, 0.1) is 0 Å². The van der Waals surface area contributed by atoms with Gasteiger partial charge in [-0.3, -0.25) is 0 Å². The number of aromatic nitrogens is 4. The molecule has 1 saturated heterocycles. The van der Waals surface area contributed by atoms with Gasteiger partial charge in [-0.05, 0) is 54.3 Å². The predicted octanol–water partition coefficient (Wildman–Crippen LogP) is 4.57. The summed E-state index contributed by atoms with van der Waals surface area (Å²) in [4.78, 5) is 12.6. The number of nitrogens with zero attached hydrogens (tertiary/aromatic N) is 4. The fourth-order valence-electron chi connectivity index (χ4n) is 4.59. The van der Waals surface area contributed by atoms with Crippen LogP contribution in [0.4, 0.5) is 0 Å². The molecule has 1 N–H and O–H groups in total. The number of hydrogen-bond donors (Lipinski definition) is 1. The van der Waals surface area contributed by atoms with E-state index < -0.39 is 10.0 Å². The number of rotatable bonds is 4. The molecule has 6 rings (SSSR count). The van der Waals surface area contributed by atoms with E-state index in [2.05, 4.69) is 33.2 Å². The maximum absolute atomic E-state index is 12.8. The van der Waals surface area contributed by atoms with Crippen molar-refractivity contribution in [2.24, 2.45) is 7.05 Å². The fraction of sp³-hybridized carbons (Fsp3) is 0.200. The summed E-state index contributed by atoms with van der Waals surface area (Å²) in [5, 5.41) is 1.02. The zero-order valence-electron chi connectivity index (χ0n) is 18.2. The zero-order chi connectivity index (χ0) is 22.6. The van der Waals surface area contributed by atoms with Crippen molar-refractivity contribution in [1.29, 1.82) is 0 Å². The Hall–Kier alpha value is -3.49. The third kappa shape index (κ3) is 3.34. The van der Waals surface area contributed by atoms with Gasteiger partial charge in [0.25, 0.3) is 0 Å². The summed E-state index contributed by atoms with van der Waals surface area (Å²) in [6.07, 6.45) is 7.46. The van der Waals surface area contributed by atoms with Crippen molar-refractivity contribution in [1.82, 2.24) is 23.8 Å². The molecule has 0 aliphatic carbocycles. The molecule has 0 bridgehead atoms. The number of sulfonamides is 1. The van der Waals surface area contributed by atoms with Crippen molar-refractivity contribution >= 4 is 32.1 Å². The molecule has 1 aliphatic rings. The molecule has 0 spiro atoms. The molecule has 5 aromatic rings. The Morgan fingerprint density at radius 1 is 0.909 bits per heavy atom. The molecule has 1 aliphatic heterocycles. The van der Waals surface area contributed by atoms with Crippen molar-refractivity contribution in [2.45, 2.75) is 17.7 Å². The molecule has 0 saturated carbocycles. The lowest BCUT2D eigenvalue weighted by atomic mass is 10.0. The Bertz CT molecular complexity index is 1590. The van der Waals surface area contributed by atoms with E-state index >= 15 is 0 Å². The van der Waals surface area contributed by atoms with E-state index in [1.54, 1.807) is 16.4 Å². The predicted molar refractivity (Wildman–Crippen MR) is 129 cm³/mol. The first-order valence-electron chi connectivity index (χ1n) is 11.0. The van der Waals surface area contributed by atoms with Gasteiger partial charge in [0.2, 0.25) is 10.0 Å². The van der Waals surface area contributed by atoms with Gasteiger partial charge in [-0.25, -0.2) is 18.4 Å². The van der Waals surface area contributed by atoms with E-state index in [0.717, 1.165) is 57.2 Å². The van der Waals surface area contributed by atoms with Crippen LogP contribution in [0.2, 0.25) is 0 Å². The Labute approximate surface area is 191 Å². The average molecular weight is 458 g/mol. The van der Waals surface area contributed by atoms with E-state index in [1.807, 2.05) is 48.5 Å². The minimum absolute atomic E-state index is 0.342. The van der Waals surface area contributed by atoms with Crippen molar-refractivity contribution in [3.8, 4) is 22.3 Å². The molecule has 0 amide bonds. The number of aromatic amines is 1. The van der Waals surface area contributed by atoms with Gasteiger partial charge in [0.05, 0.1) is 22.3 Å². The Balaban J connectivity index is 1.38. The Kier molecular flexibility index (Phi) is 4.60. The molecular formula is C25H23N5O2S. The first-order valence-corrected chi connectivity index (χ1v) is 12.4. The first-order chi connectivity index (χ1) is 16.0. The quantitative estimate of drug-likeness (QED) is 0.429. The lowest BCUT2D eigenvalue weighted by Crippen LogP contribution is -2.27. The lowest BCUT2D eigenvalue weighted by molar-refractivity contribution is 0.477. The number of aryl methyl sites for hydroxylation is 1. The van der Waals surface area contributed by atoms with Crippen LogP contribution in [0.25, 0.3) is 44.3 Å². The van der Waals surface area contributed by atoms with Crippen LogP contribution in [-0.2, 0) is 17.1 Å². The van der Waals surface area contributed by atoms with Gasteiger partial charge in [0.15, 0.2) is 0 Å². The Morgan fingerprint density at radius 3 is 2.45 bits per heavy atom. The topological polar surface area (TPSA) is 83.9 Å². The van der Waals surface area contributed by atoms with Gasteiger partial charge >= 0.3 is 0 Å². The molecule has 0 radical (unpaired) electrons. The smallest absolute Gasteiger partial charge is 0.243 e. The molecular weight excluding hydrogens is 434 g/mol. The minimum atomic E-state index is -3.42. The highest BCUT2D eigenvalue weighted by Gasteiger charge is 2.27. The maximum Gasteiger partial charge on any atom is 0.243 e. The number of pyridine rings is 1. The standard InChI is InChI=1S/C25H23N5O2S/c1-29-16-28-23-9-6-18(13-24(23)29)22-15-27-25-21(22)12-19(14-26-25)17-4-7-20(8-5-17)33(31,32)30-10-2-3-11-30/h4-9,12-16H,2-3,10-11H2,1H3,(H,26,27). The fourth-order valence-corrected chi connectivity index (χ4v) is 6.11. The molecule has 2 aromatic carbocycles. The summed E-state index contributed by atoms with van der Waals surface area (Å²) in [7, 11) is -1.43. The zero-order valence-corrected chi connectivity index (χ0v) is 19.0. The van der Waals surface area contributed by atoms with Gasteiger partial charge in [0, 0.05) is 49.0 Å². The molecule has 8 heteroatoms. The highest BCUT2D eigenvalue weighted by molar-refractivity contribution is 7.89. The second-order valence-electron chi connectivity index (χ2n) is 8.52. The number of H-pyrrole nitrogens is 1. The van der Waals surface area contributed by atoms with Gasteiger partial charge in [-0.1, -0.05) is 18.2 Å². The average Bonchev–Trinajstić information content (AvgIpc) is 3.59. The van der Waals surface area contributed by atoms with Crippen molar-refractivity contribution in [2.75, 3.05) is 13.1 Å². The van der Waals surface area contributed by atoms with Gasteiger partial charge < -0.3 is 9.55 Å². The first kappa shape index (κ1) is 20.1. The van der Waals surface area contributed by atoms with Gasteiger partial charge in [-0.15, -0.1) is 0 Å². The lowest BCUT2D eigenvalue weighted by Gasteiger charge is -2.15. The summed E-state index contributed by atoms with van der Waals surface area (Å²) in [6, 6.07) is 15.5. The van der Waals surface area contributed by atoms with Crippen LogP contribution >= 0.6 is 0 Å². The van der Waals surface area contributed by atoms with Crippen molar-refractivity contribution in [3.63, 3.8) is 0 Å². The van der Waals surface area contributed by atoms with Gasteiger partial charge in [-0.2, -0.15) is 4.31 Å². The number of nitrogens with one attached hydrogen (secondary N) is 1. The minimum Gasteiger partial charge on any atom is -0.346 e. The third-order valence-corrected chi connectivity index (χ3v) is 8.37. The molecule has 1 fully saturated rings. The van der Waals surface area contributed by atoms with Gasteiger partial charge in [0.1, 0.15) is 5.65 Å². The van der Waals surface area contributed by atoms with Crippen LogP contribution in [0.3, 0.4) is 0 Å². The van der Waals surface area contributed by atoms with E-state index in [-0.39, 0.29) is 0 Å². The Morgan fingerprint density at radius 2 is 1.67 bits per heavy atom. The molecule has 166 valence electrons. The van der Waals surface area contributed by atoms with E-state index in [1.165, 1.54) is 0 Å². The molecule has 3 aromatic heterocycles. The van der Waals surface area contributed by atoms with E-state index in [0.29, 0.717) is 18.0 Å². The van der Waals surface area contributed by atoms with Crippen LogP contribution < -0.4 is 0 Å². The molecule has 0 atom stereocenters. The normalized spacial score (nSPS) is 15.1. The molecule has 0 unspecified atom stereocenters. The highest BCUT2D eigenvalue weighted by Crippen LogP contribution is 2.33. The van der Waals surface area contributed by atoms with Crippen molar-refractivity contribution < 1.29 is 8.42 Å². The molecule has 4 heterocycles. The summed E-state index contributed by atoms with van der Waals surface area (Å²) in [5.74, 6) is 0. The van der Waals surface area contributed by atoms with Crippen LogP contribution in [0.1, 0.15) is 12.8 Å². The molecule has 7 nitrogen and oxygen atoms in total. The summed E-state index contributed by atoms with van der Waals surface area (Å²) in [5.41, 5.74) is 6.87. The summed E-state index contributed by atoms with van der Waals surface area (Å²) >= 11 is 0. The second-order valence-corrected chi connectivity index (χ2v) is 10.5. The van der Waals surface area contributed by atoms with Crippen LogP contribution in [0.5, 0.6) is 0 Å². The van der Waals surface area contributed by atoms with Crippen LogP contribution in [0.15, 0.2) is 72.1 Å². The number of fused-ring (bicyclic) bond motifs is 2. The number of benzene rings is 2. The van der Waals surface area contributed by atoms with E-state index in [4.69, 9.17) is 0 Å². The maximum atomic E-state index is 12.8. The van der Waals surface area contributed by atoms with Crippen molar-refractivity contribution in [3.05, 3.63) is 67.3 Å².